The number of rotatable bonds is 6. The molecule has 0 saturated heterocycles. The number of hydrogen-bond donors (Lipinski definition) is 3. The molecule has 0 amide bonds. The zero-order chi connectivity index (χ0) is 24.3. The van der Waals surface area contributed by atoms with Crippen molar-refractivity contribution in [1.29, 1.82) is 0 Å². The Balaban J connectivity index is 1.53. The number of azo groups is 1. The molecule has 34 heavy (non-hydrogen) atoms. The van der Waals surface area contributed by atoms with Crippen LogP contribution in [0.25, 0.3) is 0 Å². The van der Waals surface area contributed by atoms with E-state index in [0.717, 1.165) is 4.68 Å². The third-order valence-corrected chi connectivity index (χ3v) is 5.95. The smallest absolute Gasteiger partial charge is 0.302 e. The van der Waals surface area contributed by atoms with E-state index >= 15 is 0 Å². The fraction of sp³-hybridized carbons (Fsp3) is 0.0476. The predicted octanol–water partition coefficient (Wildman–Crippen LogP) is 2.76. The summed E-state index contributed by atoms with van der Waals surface area (Å²) in [7, 11) is -3.90. The molecule has 0 radical (unpaired) electrons. The normalized spacial score (nSPS) is 11.6. The predicted molar refractivity (Wildman–Crippen MR) is 124 cm³/mol. The summed E-state index contributed by atoms with van der Waals surface area (Å²) in [5.74, 6) is -0.627. The summed E-state index contributed by atoms with van der Waals surface area (Å²) in [6.07, 6.45) is 2.82. The first-order valence-electron chi connectivity index (χ1n) is 9.78. The topological polar surface area (TPSA) is 178 Å². The van der Waals surface area contributed by atoms with Gasteiger partial charge in [-0.3, -0.25) is 14.7 Å². The first kappa shape index (κ1) is 22.5. The standard InChI is InChI=1S/C21H18N8O4S/c1-13-18(20(31)29(27-13)19(30)14-3-5-15(22)6-4-14)26-25-16-7-9-17(10-8-16)34(32,33)28-21-23-11-2-12-24-21/h2-12,27H,22H2,1H3,(H,23,24,28). The van der Waals surface area contributed by atoms with Gasteiger partial charge in [-0.15, -0.1) is 5.11 Å². The van der Waals surface area contributed by atoms with Crippen molar-refractivity contribution >= 4 is 38.9 Å². The summed E-state index contributed by atoms with van der Waals surface area (Å²) in [5.41, 5.74) is 6.30. The number of carbonyl (C=O) groups excluding carboxylic acids is 1. The second kappa shape index (κ2) is 9.07. The highest BCUT2D eigenvalue weighted by molar-refractivity contribution is 7.92. The van der Waals surface area contributed by atoms with Crippen molar-refractivity contribution in [3.63, 3.8) is 0 Å². The SMILES string of the molecule is Cc1[nH]n(C(=O)c2ccc(N)cc2)c(=O)c1N=Nc1ccc(S(=O)(=O)Nc2ncccn2)cc1. The lowest BCUT2D eigenvalue weighted by Crippen LogP contribution is -2.25. The molecular weight excluding hydrogens is 460 g/mol. The summed E-state index contributed by atoms with van der Waals surface area (Å²) in [6, 6.07) is 13.2. The summed E-state index contributed by atoms with van der Waals surface area (Å²) in [6.45, 7) is 1.58. The molecule has 4 aromatic rings. The average molecular weight is 478 g/mol. The van der Waals surface area contributed by atoms with Crippen LogP contribution in [0.3, 0.4) is 0 Å². The van der Waals surface area contributed by atoms with E-state index in [1.165, 1.54) is 48.8 Å². The molecule has 4 N–H and O–H groups in total. The van der Waals surface area contributed by atoms with Crippen LogP contribution in [0, 0.1) is 6.92 Å². The number of H-pyrrole nitrogens is 1. The second-order valence-electron chi connectivity index (χ2n) is 7.02. The maximum Gasteiger partial charge on any atom is 0.302 e. The van der Waals surface area contributed by atoms with Gasteiger partial charge in [-0.25, -0.2) is 23.1 Å². The number of nitrogens with one attached hydrogen (secondary N) is 2. The van der Waals surface area contributed by atoms with Crippen LogP contribution in [0.4, 0.5) is 23.0 Å². The van der Waals surface area contributed by atoms with E-state index in [1.807, 2.05) is 0 Å². The fourth-order valence-corrected chi connectivity index (χ4v) is 3.84. The zero-order valence-electron chi connectivity index (χ0n) is 17.7. The number of aryl methyl sites for hydroxylation is 1. The van der Waals surface area contributed by atoms with Crippen LogP contribution in [0.15, 0.2) is 86.9 Å². The minimum atomic E-state index is -3.90. The quantitative estimate of drug-likeness (QED) is 0.282. The first-order chi connectivity index (χ1) is 16.2. The molecule has 0 unspecified atom stereocenters. The maximum absolute atomic E-state index is 12.7. The highest BCUT2D eigenvalue weighted by Crippen LogP contribution is 2.21. The van der Waals surface area contributed by atoms with Crippen LogP contribution in [0.1, 0.15) is 16.1 Å². The number of nitrogen functional groups attached to an aromatic ring is 1. The van der Waals surface area contributed by atoms with Crippen LogP contribution in [0.5, 0.6) is 0 Å². The maximum atomic E-state index is 12.7. The number of benzene rings is 2. The third-order valence-electron chi connectivity index (χ3n) is 4.61. The van der Waals surface area contributed by atoms with Crippen molar-refractivity contribution in [1.82, 2.24) is 19.7 Å². The number of aromatic nitrogens is 4. The van der Waals surface area contributed by atoms with E-state index in [0.29, 0.717) is 17.1 Å². The molecule has 2 heterocycles. The van der Waals surface area contributed by atoms with Gasteiger partial charge in [-0.2, -0.15) is 9.80 Å². The third kappa shape index (κ3) is 4.73. The number of hydrogen-bond acceptors (Lipinski definition) is 9. The van der Waals surface area contributed by atoms with Gasteiger partial charge in [0.1, 0.15) is 0 Å². The molecule has 2 aromatic carbocycles. The minimum absolute atomic E-state index is 0.0341. The second-order valence-corrected chi connectivity index (χ2v) is 8.71. The Morgan fingerprint density at radius 1 is 1.03 bits per heavy atom. The molecule has 2 aromatic heterocycles. The Labute approximate surface area is 193 Å². The lowest BCUT2D eigenvalue weighted by atomic mass is 10.2. The molecule has 4 rings (SSSR count). The van der Waals surface area contributed by atoms with E-state index in [2.05, 4.69) is 30.0 Å². The zero-order valence-corrected chi connectivity index (χ0v) is 18.5. The Kier molecular flexibility index (Phi) is 6.01. The highest BCUT2D eigenvalue weighted by Gasteiger charge is 2.18. The van der Waals surface area contributed by atoms with E-state index in [9.17, 15) is 18.0 Å². The van der Waals surface area contributed by atoms with Gasteiger partial charge in [0.25, 0.3) is 15.9 Å². The Morgan fingerprint density at radius 3 is 2.32 bits per heavy atom. The fourth-order valence-electron chi connectivity index (χ4n) is 2.88. The molecule has 0 atom stereocenters. The molecule has 172 valence electrons. The van der Waals surface area contributed by atoms with Gasteiger partial charge in [0, 0.05) is 23.6 Å². The number of sulfonamides is 1. The van der Waals surface area contributed by atoms with Crippen molar-refractivity contribution in [2.45, 2.75) is 11.8 Å². The van der Waals surface area contributed by atoms with E-state index < -0.39 is 21.5 Å². The van der Waals surface area contributed by atoms with Crippen LogP contribution in [-0.2, 0) is 10.0 Å². The minimum Gasteiger partial charge on any atom is -0.399 e. The van der Waals surface area contributed by atoms with Crippen molar-refractivity contribution in [3.8, 4) is 0 Å². The number of anilines is 2. The van der Waals surface area contributed by atoms with Crippen molar-refractivity contribution in [2.24, 2.45) is 10.2 Å². The summed E-state index contributed by atoms with van der Waals surface area (Å²) in [5, 5.41) is 10.6. The van der Waals surface area contributed by atoms with Gasteiger partial charge in [0.2, 0.25) is 5.95 Å². The molecular formula is C21H18N8O4S. The molecule has 0 fully saturated rings. The van der Waals surface area contributed by atoms with E-state index in [1.54, 1.807) is 25.1 Å². The average Bonchev–Trinajstić information content (AvgIpc) is 3.11. The first-order valence-corrected chi connectivity index (χ1v) is 11.3. The van der Waals surface area contributed by atoms with Gasteiger partial charge < -0.3 is 5.73 Å². The van der Waals surface area contributed by atoms with Gasteiger partial charge in [0.15, 0.2) is 5.69 Å². The molecule has 0 spiro atoms. The van der Waals surface area contributed by atoms with Crippen LogP contribution in [0.2, 0.25) is 0 Å². The van der Waals surface area contributed by atoms with Crippen molar-refractivity contribution in [3.05, 3.63) is 88.6 Å². The number of aromatic amines is 1. The van der Waals surface area contributed by atoms with Crippen LogP contribution < -0.4 is 16.0 Å². The van der Waals surface area contributed by atoms with Crippen molar-refractivity contribution in [2.75, 3.05) is 10.5 Å². The Morgan fingerprint density at radius 2 is 1.68 bits per heavy atom. The molecule has 0 saturated carbocycles. The van der Waals surface area contributed by atoms with Crippen molar-refractivity contribution < 1.29 is 13.2 Å². The highest BCUT2D eigenvalue weighted by atomic mass is 32.2. The van der Waals surface area contributed by atoms with Gasteiger partial charge in [-0.05, 0) is 61.5 Å². The largest absolute Gasteiger partial charge is 0.399 e. The molecule has 0 aliphatic carbocycles. The van der Waals surface area contributed by atoms with E-state index in [-0.39, 0.29) is 22.1 Å². The molecule has 0 bridgehead atoms. The number of nitrogens with zero attached hydrogens (tertiary/aromatic N) is 5. The van der Waals surface area contributed by atoms with Gasteiger partial charge in [-0.1, -0.05) is 0 Å². The number of nitrogens with two attached hydrogens (primary N) is 1. The molecule has 0 aliphatic rings. The molecule has 13 heteroatoms. The Hall–Kier alpha value is -4.65. The monoisotopic (exact) mass is 478 g/mol. The van der Waals surface area contributed by atoms with Gasteiger partial charge >= 0.3 is 5.56 Å². The molecule has 0 aliphatic heterocycles. The van der Waals surface area contributed by atoms with Crippen LogP contribution >= 0.6 is 0 Å². The van der Waals surface area contributed by atoms with Gasteiger partial charge in [0.05, 0.1) is 16.3 Å². The Bertz CT molecular complexity index is 1520. The summed E-state index contributed by atoms with van der Waals surface area (Å²) < 4.78 is 28.0. The summed E-state index contributed by atoms with van der Waals surface area (Å²) in [4.78, 5) is 32.9. The van der Waals surface area contributed by atoms with E-state index in [4.69, 9.17) is 5.73 Å². The summed E-state index contributed by atoms with van der Waals surface area (Å²) >= 11 is 0. The van der Waals surface area contributed by atoms with Crippen LogP contribution in [-0.4, -0.2) is 34.1 Å². The lowest BCUT2D eigenvalue weighted by molar-refractivity contribution is 0.0941. The molecule has 12 nitrogen and oxygen atoms in total. The lowest BCUT2D eigenvalue weighted by Gasteiger charge is -2.06. The number of carbonyl (C=O) groups is 1.